The Balaban J connectivity index is 2.09. The maximum absolute atomic E-state index is 6.24. The summed E-state index contributed by atoms with van der Waals surface area (Å²) in [5, 5.41) is 4.71. The standard InChI is InChI=1S/C23H35ClN2/c1-5-15-26(16-19-7-8-19)23(20-9-11-21(24)12-10-20)14-13-17(3)18(4)22(23)25-6-2/h5,9-12,17-19,22,25H,1,6-8,13-16H2,2-4H3. The van der Waals surface area contributed by atoms with Gasteiger partial charge in [0, 0.05) is 24.2 Å². The number of hydrogen-bond acceptors (Lipinski definition) is 2. The largest absolute Gasteiger partial charge is 0.312 e. The van der Waals surface area contributed by atoms with E-state index in [-0.39, 0.29) is 5.54 Å². The van der Waals surface area contributed by atoms with Crippen LogP contribution in [0.5, 0.6) is 0 Å². The number of nitrogens with zero attached hydrogens (tertiary/aromatic N) is 1. The number of halogens is 1. The molecule has 26 heavy (non-hydrogen) atoms. The third kappa shape index (κ3) is 3.88. The molecule has 0 radical (unpaired) electrons. The first-order chi connectivity index (χ1) is 12.5. The maximum Gasteiger partial charge on any atom is 0.0620 e. The lowest BCUT2D eigenvalue weighted by molar-refractivity contribution is -0.0201. The van der Waals surface area contributed by atoms with Crippen molar-refractivity contribution in [1.29, 1.82) is 0 Å². The van der Waals surface area contributed by atoms with Gasteiger partial charge in [0.2, 0.25) is 0 Å². The van der Waals surface area contributed by atoms with Gasteiger partial charge >= 0.3 is 0 Å². The van der Waals surface area contributed by atoms with E-state index in [2.05, 4.69) is 67.9 Å². The van der Waals surface area contributed by atoms with E-state index in [1.807, 2.05) is 0 Å². The Morgan fingerprint density at radius 3 is 2.50 bits per heavy atom. The van der Waals surface area contributed by atoms with Crippen molar-refractivity contribution >= 4 is 11.6 Å². The van der Waals surface area contributed by atoms with E-state index in [1.54, 1.807) is 0 Å². The van der Waals surface area contributed by atoms with Crippen LogP contribution in [-0.2, 0) is 5.54 Å². The lowest BCUT2D eigenvalue weighted by Crippen LogP contribution is -2.64. The fourth-order valence-corrected chi connectivity index (χ4v) is 5.10. The van der Waals surface area contributed by atoms with Gasteiger partial charge < -0.3 is 5.32 Å². The molecule has 2 nitrogen and oxygen atoms in total. The number of hydrogen-bond donors (Lipinski definition) is 1. The van der Waals surface area contributed by atoms with Crippen molar-refractivity contribution in [2.75, 3.05) is 19.6 Å². The van der Waals surface area contributed by atoms with Crippen molar-refractivity contribution in [3.05, 3.63) is 47.5 Å². The molecule has 3 rings (SSSR count). The smallest absolute Gasteiger partial charge is 0.0620 e. The molecule has 0 amide bonds. The van der Waals surface area contributed by atoms with Gasteiger partial charge in [0.1, 0.15) is 0 Å². The summed E-state index contributed by atoms with van der Waals surface area (Å²) in [6.07, 6.45) is 7.30. The van der Waals surface area contributed by atoms with E-state index >= 15 is 0 Å². The van der Waals surface area contributed by atoms with Crippen molar-refractivity contribution in [2.45, 2.75) is 58.0 Å². The molecule has 4 atom stereocenters. The minimum atomic E-state index is 0.0172. The molecule has 2 aliphatic carbocycles. The molecular weight excluding hydrogens is 340 g/mol. The molecule has 3 heteroatoms. The maximum atomic E-state index is 6.24. The predicted molar refractivity (Wildman–Crippen MR) is 113 cm³/mol. The molecule has 4 unspecified atom stereocenters. The summed E-state index contributed by atoms with van der Waals surface area (Å²) in [5.74, 6) is 2.23. The molecule has 2 aliphatic rings. The SMILES string of the molecule is C=CCN(CC1CC1)C1(c2ccc(Cl)cc2)CCC(C)C(C)C1NCC. The van der Waals surface area contributed by atoms with E-state index in [9.17, 15) is 0 Å². The van der Waals surface area contributed by atoms with Crippen LogP contribution in [0.1, 0.15) is 52.0 Å². The lowest BCUT2D eigenvalue weighted by atomic mass is 9.63. The molecule has 0 spiro atoms. The molecule has 1 aromatic rings. The Bertz CT molecular complexity index is 595. The van der Waals surface area contributed by atoms with Crippen LogP contribution in [0.25, 0.3) is 0 Å². The fraction of sp³-hybridized carbons (Fsp3) is 0.652. The molecular formula is C23H35ClN2. The minimum absolute atomic E-state index is 0.0172. The van der Waals surface area contributed by atoms with Gasteiger partial charge in [0.15, 0.2) is 0 Å². The van der Waals surface area contributed by atoms with Gasteiger partial charge in [-0.25, -0.2) is 0 Å². The van der Waals surface area contributed by atoms with Gasteiger partial charge in [-0.05, 0) is 67.7 Å². The number of nitrogens with one attached hydrogen (secondary N) is 1. The summed E-state index contributed by atoms with van der Waals surface area (Å²) in [6, 6.07) is 9.09. The highest BCUT2D eigenvalue weighted by molar-refractivity contribution is 6.30. The van der Waals surface area contributed by atoms with Gasteiger partial charge in [-0.15, -0.1) is 6.58 Å². The van der Waals surface area contributed by atoms with Gasteiger partial charge in [-0.1, -0.05) is 50.6 Å². The molecule has 0 bridgehead atoms. The summed E-state index contributed by atoms with van der Waals surface area (Å²) < 4.78 is 0. The summed E-state index contributed by atoms with van der Waals surface area (Å²) in [5.41, 5.74) is 1.43. The van der Waals surface area contributed by atoms with Crippen LogP contribution < -0.4 is 5.32 Å². The second kappa shape index (κ2) is 8.46. The highest BCUT2D eigenvalue weighted by Crippen LogP contribution is 2.48. The average Bonchev–Trinajstić information content (AvgIpc) is 3.44. The Morgan fingerprint density at radius 1 is 1.23 bits per heavy atom. The fourth-order valence-electron chi connectivity index (χ4n) is 4.97. The Hall–Kier alpha value is -0.830. The van der Waals surface area contributed by atoms with Crippen LogP contribution in [-0.4, -0.2) is 30.6 Å². The van der Waals surface area contributed by atoms with Gasteiger partial charge in [-0.2, -0.15) is 0 Å². The summed E-state index contributed by atoms with van der Waals surface area (Å²) in [4.78, 5) is 2.73. The van der Waals surface area contributed by atoms with Gasteiger partial charge in [-0.3, -0.25) is 4.90 Å². The molecule has 2 saturated carbocycles. The lowest BCUT2D eigenvalue weighted by Gasteiger charge is -2.56. The van der Waals surface area contributed by atoms with Crippen LogP contribution in [0.4, 0.5) is 0 Å². The van der Waals surface area contributed by atoms with Crippen LogP contribution in [0.15, 0.2) is 36.9 Å². The van der Waals surface area contributed by atoms with Crippen LogP contribution >= 0.6 is 11.6 Å². The number of likely N-dealkylation sites (N-methyl/N-ethyl adjacent to an activating group) is 1. The molecule has 0 aliphatic heterocycles. The molecule has 0 aromatic heterocycles. The second-order valence-corrected chi connectivity index (χ2v) is 8.92. The van der Waals surface area contributed by atoms with Crippen molar-refractivity contribution in [2.24, 2.45) is 17.8 Å². The van der Waals surface area contributed by atoms with Crippen LogP contribution in [0.2, 0.25) is 5.02 Å². The Kier molecular flexibility index (Phi) is 6.48. The quantitative estimate of drug-likeness (QED) is 0.606. The third-order valence-corrected chi connectivity index (χ3v) is 7.03. The van der Waals surface area contributed by atoms with Crippen molar-refractivity contribution in [3.63, 3.8) is 0 Å². The molecule has 144 valence electrons. The average molecular weight is 375 g/mol. The predicted octanol–water partition coefficient (Wildman–Crippen LogP) is 5.48. The van der Waals surface area contributed by atoms with E-state index in [0.29, 0.717) is 12.0 Å². The summed E-state index contributed by atoms with van der Waals surface area (Å²) >= 11 is 6.24. The first-order valence-electron chi connectivity index (χ1n) is 10.4. The summed E-state index contributed by atoms with van der Waals surface area (Å²) in [6.45, 7) is 14.3. The Labute approximate surface area is 165 Å². The first kappa shape index (κ1) is 19.9. The Morgan fingerprint density at radius 2 is 1.92 bits per heavy atom. The third-order valence-electron chi connectivity index (χ3n) is 6.78. The first-order valence-corrected chi connectivity index (χ1v) is 10.8. The van der Waals surface area contributed by atoms with Gasteiger partial charge in [0.25, 0.3) is 0 Å². The zero-order valence-corrected chi connectivity index (χ0v) is 17.4. The van der Waals surface area contributed by atoms with E-state index in [0.717, 1.165) is 29.9 Å². The van der Waals surface area contributed by atoms with E-state index < -0.39 is 0 Å². The zero-order valence-electron chi connectivity index (χ0n) is 16.7. The second-order valence-electron chi connectivity index (χ2n) is 8.48. The van der Waals surface area contributed by atoms with Crippen LogP contribution in [0.3, 0.4) is 0 Å². The van der Waals surface area contributed by atoms with Crippen molar-refractivity contribution in [3.8, 4) is 0 Å². The highest BCUT2D eigenvalue weighted by atomic mass is 35.5. The molecule has 1 N–H and O–H groups in total. The monoisotopic (exact) mass is 374 g/mol. The van der Waals surface area contributed by atoms with Gasteiger partial charge in [0.05, 0.1) is 5.54 Å². The summed E-state index contributed by atoms with van der Waals surface area (Å²) in [7, 11) is 0. The number of rotatable bonds is 8. The zero-order chi connectivity index (χ0) is 18.7. The molecule has 2 fully saturated rings. The molecule has 0 saturated heterocycles. The highest BCUT2D eigenvalue weighted by Gasteiger charge is 2.51. The topological polar surface area (TPSA) is 15.3 Å². The minimum Gasteiger partial charge on any atom is -0.312 e. The van der Waals surface area contributed by atoms with E-state index in [1.165, 1.54) is 37.8 Å². The molecule has 1 aromatic carbocycles. The van der Waals surface area contributed by atoms with Crippen molar-refractivity contribution in [1.82, 2.24) is 10.2 Å². The normalized spacial score (nSPS) is 32.0. The molecule has 0 heterocycles. The van der Waals surface area contributed by atoms with Crippen molar-refractivity contribution < 1.29 is 0 Å². The van der Waals surface area contributed by atoms with E-state index in [4.69, 9.17) is 11.6 Å². The number of benzene rings is 1. The van der Waals surface area contributed by atoms with Crippen LogP contribution in [0, 0.1) is 17.8 Å².